The second-order valence-electron chi connectivity index (χ2n) is 6.06. The van der Waals surface area contributed by atoms with Crippen molar-refractivity contribution in [3.05, 3.63) is 59.9 Å². The first-order valence-electron chi connectivity index (χ1n) is 8.33. The average molecular weight is 375 g/mol. The Balaban J connectivity index is 1.83. The number of carbonyl (C=O) groups excluding carboxylic acids is 1. The highest BCUT2D eigenvalue weighted by atomic mass is 32.2. The Hall–Kier alpha value is -2.29. The minimum absolute atomic E-state index is 0.0425. The maximum atomic E-state index is 12.8. The molecule has 1 atom stereocenters. The molecule has 1 aliphatic rings. The van der Waals surface area contributed by atoms with E-state index in [-0.39, 0.29) is 17.4 Å². The van der Waals surface area contributed by atoms with Crippen LogP contribution in [-0.2, 0) is 14.8 Å². The van der Waals surface area contributed by atoms with Gasteiger partial charge >= 0.3 is 0 Å². The highest BCUT2D eigenvalue weighted by Gasteiger charge is 2.25. The van der Waals surface area contributed by atoms with E-state index in [1.807, 2.05) is 0 Å². The Kier molecular flexibility index (Phi) is 5.65. The number of rotatable bonds is 7. The standard InChI is InChI=1S/C18H21N3O4S/c1-25-13-17(16-8-2-3-9-19-16)20-26(23,24)15-7-4-6-14(12-15)18(22)21-10-5-11-21/h2-4,6-9,12,17,20H,5,10-11,13H2,1H3/t17-/m0/s1. The van der Waals surface area contributed by atoms with Crippen molar-refractivity contribution in [2.24, 2.45) is 0 Å². The Morgan fingerprint density at radius 1 is 1.27 bits per heavy atom. The number of likely N-dealkylation sites (tertiary alicyclic amines) is 1. The molecule has 1 aliphatic heterocycles. The quantitative estimate of drug-likeness (QED) is 0.794. The molecule has 1 amide bonds. The summed E-state index contributed by atoms with van der Waals surface area (Å²) in [5.41, 5.74) is 0.930. The fraction of sp³-hybridized carbons (Fsp3) is 0.333. The van der Waals surface area contributed by atoms with Crippen LogP contribution in [0.2, 0.25) is 0 Å². The molecule has 138 valence electrons. The van der Waals surface area contributed by atoms with E-state index in [4.69, 9.17) is 4.74 Å². The van der Waals surface area contributed by atoms with Gasteiger partial charge in [0.05, 0.1) is 23.2 Å². The van der Waals surface area contributed by atoms with Crippen LogP contribution < -0.4 is 4.72 Å². The number of sulfonamides is 1. The summed E-state index contributed by atoms with van der Waals surface area (Å²) in [5, 5.41) is 0. The second-order valence-corrected chi connectivity index (χ2v) is 7.77. The van der Waals surface area contributed by atoms with Gasteiger partial charge in [-0.05, 0) is 36.8 Å². The van der Waals surface area contributed by atoms with Crippen molar-refractivity contribution in [1.29, 1.82) is 0 Å². The minimum Gasteiger partial charge on any atom is -0.383 e. The SMILES string of the molecule is COC[C@H](NS(=O)(=O)c1cccc(C(=O)N2CCC2)c1)c1ccccn1. The van der Waals surface area contributed by atoms with Gasteiger partial charge in [-0.15, -0.1) is 0 Å². The number of nitrogens with zero attached hydrogens (tertiary/aromatic N) is 2. The number of benzene rings is 1. The van der Waals surface area contributed by atoms with E-state index in [0.29, 0.717) is 24.3 Å². The van der Waals surface area contributed by atoms with Crippen molar-refractivity contribution in [3.63, 3.8) is 0 Å². The molecule has 0 aliphatic carbocycles. The highest BCUT2D eigenvalue weighted by molar-refractivity contribution is 7.89. The van der Waals surface area contributed by atoms with Crippen molar-refractivity contribution < 1.29 is 17.9 Å². The summed E-state index contributed by atoms with van der Waals surface area (Å²) in [4.78, 5) is 18.3. The molecule has 1 saturated heterocycles. The van der Waals surface area contributed by atoms with Crippen molar-refractivity contribution in [1.82, 2.24) is 14.6 Å². The summed E-state index contributed by atoms with van der Waals surface area (Å²) in [6.07, 6.45) is 2.58. The van der Waals surface area contributed by atoms with Gasteiger partial charge in [-0.3, -0.25) is 9.78 Å². The molecule has 1 aromatic carbocycles. The average Bonchev–Trinajstić information content (AvgIpc) is 2.60. The number of nitrogens with one attached hydrogen (secondary N) is 1. The fourth-order valence-corrected chi connectivity index (χ4v) is 3.92. The van der Waals surface area contributed by atoms with Gasteiger partial charge < -0.3 is 9.64 Å². The largest absolute Gasteiger partial charge is 0.383 e. The van der Waals surface area contributed by atoms with Crippen LogP contribution in [0, 0.1) is 0 Å². The maximum Gasteiger partial charge on any atom is 0.253 e. The molecule has 1 fully saturated rings. The number of hydrogen-bond donors (Lipinski definition) is 1. The number of hydrogen-bond acceptors (Lipinski definition) is 5. The lowest BCUT2D eigenvalue weighted by atomic mass is 10.1. The number of aromatic nitrogens is 1. The molecule has 0 unspecified atom stereocenters. The van der Waals surface area contributed by atoms with Crippen LogP contribution in [0.5, 0.6) is 0 Å². The molecule has 0 radical (unpaired) electrons. The predicted octanol–water partition coefficient (Wildman–Crippen LogP) is 1.59. The number of carbonyl (C=O) groups is 1. The summed E-state index contributed by atoms with van der Waals surface area (Å²) in [6, 6.07) is 10.7. The zero-order chi connectivity index (χ0) is 18.6. The van der Waals surface area contributed by atoms with E-state index in [2.05, 4.69) is 9.71 Å². The van der Waals surface area contributed by atoms with Crippen LogP contribution in [0.25, 0.3) is 0 Å². The lowest BCUT2D eigenvalue weighted by Crippen LogP contribution is -2.42. The molecule has 3 rings (SSSR count). The fourth-order valence-electron chi connectivity index (χ4n) is 2.68. The lowest BCUT2D eigenvalue weighted by molar-refractivity contribution is 0.0651. The van der Waals surface area contributed by atoms with E-state index in [1.165, 1.54) is 19.2 Å². The van der Waals surface area contributed by atoms with Gasteiger partial charge in [0.25, 0.3) is 5.91 Å². The van der Waals surface area contributed by atoms with Crippen LogP contribution in [0.4, 0.5) is 0 Å². The number of methoxy groups -OCH3 is 1. The summed E-state index contributed by atoms with van der Waals surface area (Å²) in [6.45, 7) is 1.57. The van der Waals surface area contributed by atoms with Crippen molar-refractivity contribution in [3.8, 4) is 0 Å². The van der Waals surface area contributed by atoms with E-state index < -0.39 is 16.1 Å². The number of ether oxygens (including phenoxy) is 1. The van der Waals surface area contributed by atoms with E-state index in [0.717, 1.165) is 6.42 Å². The number of pyridine rings is 1. The molecular formula is C18H21N3O4S. The van der Waals surface area contributed by atoms with Crippen molar-refractivity contribution in [2.75, 3.05) is 26.8 Å². The molecule has 26 heavy (non-hydrogen) atoms. The Labute approximate surface area is 153 Å². The molecule has 2 aromatic rings. The Bertz CT molecular complexity index is 867. The van der Waals surface area contributed by atoms with Crippen molar-refractivity contribution in [2.45, 2.75) is 17.4 Å². The first-order valence-corrected chi connectivity index (χ1v) is 9.81. The Morgan fingerprint density at radius 2 is 2.08 bits per heavy atom. The normalized spacial score (nSPS) is 15.3. The third kappa shape index (κ3) is 4.09. The topological polar surface area (TPSA) is 88.6 Å². The zero-order valence-electron chi connectivity index (χ0n) is 14.5. The third-order valence-corrected chi connectivity index (χ3v) is 5.68. The number of amides is 1. The molecule has 2 heterocycles. The van der Waals surface area contributed by atoms with Crippen LogP contribution >= 0.6 is 0 Å². The van der Waals surface area contributed by atoms with E-state index in [1.54, 1.807) is 41.4 Å². The van der Waals surface area contributed by atoms with Crippen LogP contribution in [0.3, 0.4) is 0 Å². The monoisotopic (exact) mass is 375 g/mol. The van der Waals surface area contributed by atoms with Crippen LogP contribution in [0.15, 0.2) is 53.6 Å². The van der Waals surface area contributed by atoms with Gasteiger partial charge in [-0.25, -0.2) is 8.42 Å². The highest BCUT2D eigenvalue weighted by Crippen LogP contribution is 2.19. The van der Waals surface area contributed by atoms with E-state index >= 15 is 0 Å². The molecule has 0 saturated carbocycles. The minimum atomic E-state index is -3.84. The molecular weight excluding hydrogens is 354 g/mol. The predicted molar refractivity (Wildman–Crippen MR) is 96.1 cm³/mol. The first kappa shape index (κ1) is 18.5. The molecule has 7 nitrogen and oxygen atoms in total. The van der Waals surface area contributed by atoms with Gasteiger partial charge in [0.15, 0.2) is 0 Å². The summed E-state index contributed by atoms with van der Waals surface area (Å²) >= 11 is 0. The van der Waals surface area contributed by atoms with Gasteiger partial charge in [0.2, 0.25) is 10.0 Å². The van der Waals surface area contributed by atoms with Gasteiger partial charge in [-0.1, -0.05) is 12.1 Å². The van der Waals surface area contributed by atoms with Crippen LogP contribution in [0.1, 0.15) is 28.5 Å². The zero-order valence-corrected chi connectivity index (χ0v) is 15.3. The molecule has 1 aromatic heterocycles. The third-order valence-electron chi connectivity index (χ3n) is 4.21. The van der Waals surface area contributed by atoms with Gasteiger partial charge in [0.1, 0.15) is 0 Å². The second kappa shape index (κ2) is 7.94. The first-order chi connectivity index (χ1) is 12.5. The van der Waals surface area contributed by atoms with Crippen molar-refractivity contribution >= 4 is 15.9 Å². The summed E-state index contributed by atoms with van der Waals surface area (Å²) in [7, 11) is -2.34. The molecule has 0 spiro atoms. The van der Waals surface area contributed by atoms with Gasteiger partial charge in [-0.2, -0.15) is 4.72 Å². The summed E-state index contributed by atoms with van der Waals surface area (Å²) in [5.74, 6) is -0.147. The summed E-state index contributed by atoms with van der Waals surface area (Å²) < 4.78 is 33.3. The van der Waals surface area contributed by atoms with E-state index in [9.17, 15) is 13.2 Å². The molecule has 8 heteroatoms. The Morgan fingerprint density at radius 3 is 2.69 bits per heavy atom. The maximum absolute atomic E-state index is 12.8. The molecule has 1 N–H and O–H groups in total. The van der Waals surface area contributed by atoms with Gasteiger partial charge in [0, 0.05) is 32.0 Å². The lowest BCUT2D eigenvalue weighted by Gasteiger charge is -2.31. The smallest absolute Gasteiger partial charge is 0.253 e. The van der Waals surface area contributed by atoms with Crippen LogP contribution in [-0.4, -0.2) is 51.0 Å². The molecule has 0 bridgehead atoms.